The van der Waals surface area contributed by atoms with Crippen LogP contribution in [0.15, 0.2) is 59.5 Å². The largest absolute Gasteiger partial charge is 0.478 e. The van der Waals surface area contributed by atoms with Crippen molar-refractivity contribution in [3.8, 4) is 5.75 Å². The molecule has 0 aliphatic carbocycles. The topological polar surface area (TPSA) is 55.8 Å². The molecule has 0 aromatic heterocycles. The molecule has 2 aromatic carbocycles. The lowest BCUT2D eigenvalue weighted by atomic mass is 9.90. The summed E-state index contributed by atoms with van der Waals surface area (Å²) in [5.74, 6) is -0.415. The Morgan fingerprint density at radius 2 is 1.96 bits per heavy atom. The Balaban J connectivity index is 1.68. The van der Waals surface area contributed by atoms with E-state index in [1.807, 2.05) is 30.3 Å². The van der Waals surface area contributed by atoms with Gasteiger partial charge in [0.1, 0.15) is 11.6 Å². The van der Waals surface area contributed by atoms with Gasteiger partial charge in [-0.2, -0.15) is 0 Å². The van der Waals surface area contributed by atoms with Gasteiger partial charge in [0, 0.05) is 23.5 Å². The Labute approximate surface area is 150 Å². The minimum Gasteiger partial charge on any atom is -0.478 e. The van der Waals surface area contributed by atoms with Crippen molar-refractivity contribution >= 4 is 17.7 Å². The summed E-state index contributed by atoms with van der Waals surface area (Å²) < 4.78 is 24.6. The van der Waals surface area contributed by atoms with Crippen LogP contribution in [0.1, 0.15) is 12.8 Å². The van der Waals surface area contributed by atoms with E-state index in [9.17, 15) is 14.3 Å². The van der Waals surface area contributed by atoms with Gasteiger partial charge in [-0.3, -0.25) is 0 Å². The summed E-state index contributed by atoms with van der Waals surface area (Å²) in [6.07, 6.45) is 0.279. The number of rotatable bonds is 6. The molecule has 0 spiro atoms. The number of ether oxygens (including phenoxy) is 2. The fourth-order valence-corrected chi connectivity index (χ4v) is 3.73. The van der Waals surface area contributed by atoms with Gasteiger partial charge in [0.2, 0.25) is 5.60 Å². The molecule has 1 saturated heterocycles. The van der Waals surface area contributed by atoms with Gasteiger partial charge in [-0.25, -0.2) is 9.18 Å². The molecule has 2 atom stereocenters. The van der Waals surface area contributed by atoms with E-state index in [1.54, 1.807) is 11.8 Å². The van der Waals surface area contributed by atoms with Crippen molar-refractivity contribution in [2.45, 2.75) is 29.4 Å². The summed E-state index contributed by atoms with van der Waals surface area (Å²) in [7, 11) is 0. The van der Waals surface area contributed by atoms with Crippen LogP contribution in [0.3, 0.4) is 0 Å². The SMILES string of the molecule is O=C(O)C1(Oc2ccc(F)cc2)CCOC(CSc2ccccc2)C1. The number of thioether (sulfide) groups is 1. The first kappa shape index (κ1) is 17.8. The molecule has 6 heteroatoms. The van der Waals surface area contributed by atoms with Crippen LogP contribution < -0.4 is 4.74 Å². The van der Waals surface area contributed by atoms with E-state index in [4.69, 9.17) is 9.47 Å². The van der Waals surface area contributed by atoms with E-state index in [1.165, 1.54) is 24.3 Å². The quantitative estimate of drug-likeness (QED) is 0.787. The maximum absolute atomic E-state index is 13.0. The summed E-state index contributed by atoms with van der Waals surface area (Å²) in [6, 6.07) is 15.3. The second-order valence-electron chi connectivity index (χ2n) is 5.93. The van der Waals surface area contributed by atoms with Crippen LogP contribution >= 0.6 is 11.8 Å². The van der Waals surface area contributed by atoms with Gasteiger partial charge < -0.3 is 14.6 Å². The predicted octanol–water partition coefficient (Wildman–Crippen LogP) is 4.00. The number of aliphatic carboxylic acids is 1. The highest BCUT2D eigenvalue weighted by molar-refractivity contribution is 7.99. The highest BCUT2D eigenvalue weighted by Crippen LogP contribution is 2.33. The normalized spacial score (nSPS) is 23.2. The molecule has 0 bridgehead atoms. The van der Waals surface area contributed by atoms with Crippen LogP contribution in [0.4, 0.5) is 4.39 Å². The fraction of sp³-hybridized carbons (Fsp3) is 0.316. The Kier molecular flexibility index (Phi) is 5.60. The Morgan fingerprint density at radius 3 is 2.64 bits per heavy atom. The monoisotopic (exact) mass is 362 g/mol. The first-order valence-corrected chi connectivity index (χ1v) is 9.03. The average molecular weight is 362 g/mol. The molecular formula is C19H19FO4S. The van der Waals surface area contributed by atoms with Gasteiger partial charge in [0.15, 0.2) is 0 Å². The van der Waals surface area contributed by atoms with E-state index in [2.05, 4.69) is 0 Å². The van der Waals surface area contributed by atoms with Crippen molar-refractivity contribution < 1.29 is 23.8 Å². The second-order valence-corrected chi connectivity index (χ2v) is 7.02. The molecule has 3 rings (SSSR count). The van der Waals surface area contributed by atoms with Crippen LogP contribution in [0, 0.1) is 5.82 Å². The molecule has 25 heavy (non-hydrogen) atoms. The number of carboxylic acids is 1. The smallest absolute Gasteiger partial charge is 0.348 e. The van der Waals surface area contributed by atoms with Crippen LogP contribution in [-0.2, 0) is 9.53 Å². The lowest BCUT2D eigenvalue weighted by molar-refractivity contribution is -0.168. The van der Waals surface area contributed by atoms with Crippen molar-refractivity contribution in [2.24, 2.45) is 0 Å². The van der Waals surface area contributed by atoms with Gasteiger partial charge in [0.05, 0.1) is 12.7 Å². The first-order chi connectivity index (χ1) is 12.1. The molecule has 1 fully saturated rings. The van der Waals surface area contributed by atoms with Crippen molar-refractivity contribution in [3.63, 3.8) is 0 Å². The Hall–Kier alpha value is -2.05. The molecule has 1 aliphatic heterocycles. The standard InChI is InChI=1S/C19H19FO4S/c20-14-6-8-15(9-7-14)24-19(18(21)22)10-11-23-16(12-19)13-25-17-4-2-1-3-5-17/h1-9,16H,10-13H2,(H,21,22). The zero-order chi connectivity index (χ0) is 17.7. The molecular weight excluding hydrogens is 343 g/mol. The maximum atomic E-state index is 13.0. The number of halogens is 1. The number of hydrogen-bond donors (Lipinski definition) is 1. The third-order valence-corrected chi connectivity index (χ3v) is 5.26. The van der Waals surface area contributed by atoms with Crippen LogP contribution in [0.2, 0.25) is 0 Å². The third kappa shape index (κ3) is 4.52. The van der Waals surface area contributed by atoms with Crippen LogP contribution in [0.25, 0.3) is 0 Å². The number of carboxylic acid groups (broad SMARTS) is 1. The summed E-state index contributed by atoms with van der Waals surface area (Å²) in [5.41, 5.74) is -1.35. The summed E-state index contributed by atoms with van der Waals surface area (Å²) in [4.78, 5) is 13.0. The Bertz CT molecular complexity index is 707. The summed E-state index contributed by atoms with van der Waals surface area (Å²) in [6.45, 7) is 0.313. The second kappa shape index (κ2) is 7.89. The van der Waals surface area contributed by atoms with Gasteiger partial charge >= 0.3 is 5.97 Å². The molecule has 1 heterocycles. The summed E-state index contributed by atoms with van der Waals surface area (Å²) >= 11 is 1.62. The minimum absolute atomic E-state index is 0.226. The molecule has 0 saturated carbocycles. The highest BCUT2D eigenvalue weighted by atomic mass is 32.2. The van der Waals surface area contributed by atoms with Gasteiger partial charge in [-0.15, -0.1) is 11.8 Å². The Morgan fingerprint density at radius 1 is 1.24 bits per heavy atom. The van der Waals surface area contributed by atoms with Crippen molar-refractivity contribution in [1.82, 2.24) is 0 Å². The lowest BCUT2D eigenvalue weighted by Crippen LogP contribution is -2.52. The number of benzene rings is 2. The third-order valence-electron chi connectivity index (χ3n) is 4.11. The molecule has 0 radical (unpaired) electrons. The predicted molar refractivity (Wildman–Crippen MR) is 93.5 cm³/mol. The van der Waals surface area contributed by atoms with Crippen molar-refractivity contribution in [2.75, 3.05) is 12.4 Å². The molecule has 0 amide bonds. The van der Waals surface area contributed by atoms with E-state index in [0.29, 0.717) is 18.1 Å². The zero-order valence-electron chi connectivity index (χ0n) is 13.6. The van der Waals surface area contributed by atoms with E-state index in [-0.39, 0.29) is 24.8 Å². The molecule has 4 nitrogen and oxygen atoms in total. The number of carbonyl (C=O) groups is 1. The van der Waals surface area contributed by atoms with E-state index in [0.717, 1.165) is 4.90 Å². The van der Waals surface area contributed by atoms with Gasteiger partial charge in [-0.05, 0) is 36.4 Å². The lowest BCUT2D eigenvalue weighted by Gasteiger charge is -2.37. The molecule has 132 valence electrons. The van der Waals surface area contributed by atoms with Crippen molar-refractivity contribution in [3.05, 3.63) is 60.4 Å². The van der Waals surface area contributed by atoms with Crippen LogP contribution in [-0.4, -0.2) is 35.1 Å². The highest BCUT2D eigenvalue weighted by Gasteiger charge is 2.46. The van der Waals surface area contributed by atoms with Crippen molar-refractivity contribution in [1.29, 1.82) is 0 Å². The summed E-state index contributed by atoms with van der Waals surface area (Å²) in [5, 5.41) is 9.75. The maximum Gasteiger partial charge on any atom is 0.348 e. The molecule has 1 aliphatic rings. The van der Waals surface area contributed by atoms with E-state index >= 15 is 0 Å². The van der Waals surface area contributed by atoms with E-state index < -0.39 is 11.6 Å². The minimum atomic E-state index is -1.35. The number of hydrogen-bond acceptors (Lipinski definition) is 4. The molecule has 2 aromatic rings. The first-order valence-electron chi connectivity index (χ1n) is 8.05. The van der Waals surface area contributed by atoms with Gasteiger partial charge in [0.25, 0.3) is 0 Å². The van der Waals surface area contributed by atoms with Crippen LogP contribution in [0.5, 0.6) is 5.75 Å². The fourth-order valence-electron chi connectivity index (χ4n) is 2.79. The molecule has 2 unspecified atom stereocenters. The average Bonchev–Trinajstić information content (AvgIpc) is 2.63. The molecule has 1 N–H and O–H groups in total. The zero-order valence-corrected chi connectivity index (χ0v) is 14.4. The van der Waals surface area contributed by atoms with Gasteiger partial charge in [-0.1, -0.05) is 18.2 Å².